The van der Waals surface area contributed by atoms with Gasteiger partial charge in [-0.05, 0) is 30.5 Å². The van der Waals surface area contributed by atoms with Gasteiger partial charge in [-0.3, -0.25) is 14.3 Å². The van der Waals surface area contributed by atoms with Crippen LogP contribution in [0.1, 0.15) is 40.4 Å². The summed E-state index contributed by atoms with van der Waals surface area (Å²) in [5.74, 6) is -1.36. The van der Waals surface area contributed by atoms with Gasteiger partial charge in [0.25, 0.3) is 0 Å². The van der Waals surface area contributed by atoms with E-state index in [4.69, 9.17) is 5.11 Å². The van der Waals surface area contributed by atoms with Gasteiger partial charge in [-0.2, -0.15) is 5.10 Å². The topological polar surface area (TPSA) is 105 Å². The molecule has 0 saturated carbocycles. The largest absolute Gasteiger partial charge is 0.478 e. The Morgan fingerprint density at radius 2 is 1.96 bits per heavy atom. The summed E-state index contributed by atoms with van der Waals surface area (Å²) >= 11 is 0. The van der Waals surface area contributed by atoms with Gasteiger partial charge in [-0.15, -0.1) is 0 Å². The molecule has 2 N–H and O–H groups in total. The van der Waals surface area contributed by atoms with Crippen molar-refractivity contribution >= 4 is 17.8 Å². The lowest BCUT2D eigenvalue weighted by molar-refractivity contribution is -0.141. The average Bonchev–Trinajstić information content (AvgIpc) is 3.10. The number of nitrogens with zero attached hydrogens (tertiary/aromatic N) is 3. The number of benzene rings is 1. The Bertz CT molecular complexity index is 875. The number of carboxylic acid groups (broad SMARTS) is 1. The Morgan fingerprint density at radius 3 is 2.57 bits per heavy atom. The predicted octanol–water partition coefficient (Wildman–Crippen LogP) is 1.39. The summed E-state index contributed by atoms with van der Waals surface area (Å²) in [6.07, 6.45) is 4.99. The van der Waals surface area contributed by atoms with Crippen LogP contribution in [0.2, 0.25) is 0 Å². The summed E-state index contributed by atoms with van der Waals surface area (Å²) in [5, 5.41) is 16.1. The van der Waals surface area contributed by atoms with Crippen molar-refractivity contribution < 1.29 is 19.5 Å². The van der Waals surface area contributed by atoms with E-state index in [0.717, 1.165) is 11.1 Å². The molecule has 2 atom stereocenters. The second kappa shape index (κ2) is 8.24. The van der Waals surface area contributed by atoms with Crippen molar-refractivity contribution in [1.29, 1.82) is 0 Å². The van der Waals surface area contributed by atoms with Crippen LogP contribution in [0, 0.1) is 5.92 Å². The number of piperidine rings is 1. The van der Waals surface area contributed by atoms with E-state index in [-0.39, 0.29) is 29.3 Å². The molecule has 1 aliphatic heterocycles. The highest BCUT2D eigenvalue weighted by atomic mass is 16.4. The van der Waals surface area contributed by atoms with Gasteiger partial charge in [0.2, 0.25) is 11.8 Å². The molecule has 2 amide bonds. The van der Waals surface area contributed by atoms with Crippen molar-refractivity contribution in [2.75, 3.05) is 13.6 Å². The maximum Gasteiger partial charge on any atom is 0.335 e. The second-order valence-corrected chi connectivity index (χ2v) is 7.09. The molecule has 0 bridgehead atoms. The number of rotatable bonds is 6. The summed E-state index contributed by atoms with van der Waals surface area (Å²) < 4.78 is 1.66. The van der Waals surface area contributed by atoms with Gasteiger partial charge in [0.05, 0.1) is 23.7 Å². The fourth-order valence-corrected chi connectivity index (χ4v) is 3.64. The Balaban J connectivity index is 1.63. The highest BCUT2D eigenvalue weighted by molar-refractivity contribution is 5.87. The van der Waals surface area contributed by atoms with Gasteiger partial charge in [0.1, 0.15) is 0 Å². The van der Waals surface area contributed by atoms with Crippen molar-refractivity contribution in [2.24, 2.45) is 13.0 Å². The first-order chi connectivity index (χ1) is 13.4. The number of hydrogen-bond donors (Lipinski definition) is 2. The number of aromatic carboxylic acids is 1. The van der Waals surface area contributed by atoms with E-state index in [0.29, 0.717) is 25.8 Å². The van der Waals surface area contributed by atoms with Crippen molar-refractivity contribution in [3.63, 3.8) is 0 Å². The maximum absolute atomic E-state index is 12.8. The zero-order valence-electron chi connectivity index (χ0n) is 16.0. The van der Waals surface area contributed by atoms with Gasteiger partial charge in [0.15, 0.2) is 0 Å². The van der Waals surface area contributed by atoms with E-state index in [9.17, 15) is 14.4 Å². The fraction of sp³-hybridized carbons (Fsp3) is 0.400. The number of aryl methyl sites for hydroxylation is 1. The summed E-state index contributed by atoms with van der Waals surface area (Å²) in [5.41, 5.74) is 2.04. The standard InChI is InChI=1S/C20H24N4O4/c1-23-12-15(11-22-23)18-16(7-8-17(25)24(18)2)19(26)21-10-9-13-3-5-14(6-4-13)20(27)28/h3-6,11-12,16,18H,7-10H2,1-2H3,(H,21,26)(H,27,28). The van der Waals surface area contributed by atoms with Gasteiger partial charge in [-0.25, -0.2) is 4.79 Å². The number of carbonyl (C=O) groups is 3. The summed E-state index contributed by atoms with van der Waals surface area (Å²) in [6.45, 7) is 0.444. The molecule has 2 unspecified atom stereocenters. The minimum atomic E-state index is -0.961. The maximum atomic E-state index is 12.8. The van der Waals surface area contributed by atoms with E-state index in [1.165, 1.54) is 0 Å². The summed E-state index contributed by atoms with van der Waals surface area (Å²) in [7, 11) is 3.53. The number of carboxylic acids is 1. The molecule has 0 aliphatic carbocycles. The van der Waals surface area contributed by atoms with Crippen LogP contribution in [-0.4, -0.2) is 51.2 Å². The molecule has 28 heavy (non-hydrogen) atoms. The van der Waals surface area contributed by atoms with Crippen LogP contribution in [0.5, 0.6) is 0 Å². The molecule has 148 valence electrons. The molecular weight excluding hydrogens is 360 g/mol. The molecule has 0 spiro atoms. The molecule has 1 fully saturated rings. The number of likely N-dealkylation sites (tertiary alicyclic amines) is 1. The number of nitrogens with one attached hydrogen (secondary N) is 1. The Kier molecular flexibility index (Phi) is 5.77. The van der Waals surface area contributed by atoms with Crippen molar-refractivity contribution in [1.82, 2.24) is 20.0 Å². The van der Waals surface area contributed by atoms with Crippen LogP contribution in [0.15, 0.2) is 36.7 Å². The lowest BCUT2D eigenvalue weighted by atomic mass is 9.85. The molecule has 8 nitrogen and oxygen atoms in total. The zero-order chi connectivity index (χ0) is 20.3. The molecule has 1 saturated heterocycles. The number of hydrogen-bond acceptors (Lipinski definition) is 4. The first kappa shape index (κ1) is 19.6. The second-order valence-electron chi connectivity index (χ2n) is 7.09. The van der Waals surface area contributed by atoms with Crippen molar-refractivity contribution in [2.45, 2.75) is 25.3 Å². The van der Waals surface area contributed by atoms with E-state index >= 15 is 0 Å². The van der Waals surface area contributed by atoms with Crippen LogP contribution in [0.3, 0.4) is 0 Å². The number of carbonyl (C=O) groups excluding carboxylic acids is 2. The van der Waals surface area contributed by atoms with E-state index in [1.807, 2.05) is 6.20 Å². The van der Waals surface area contributed by atoms with Crippen LogP contribution in [-0.2, 0) is 23.1 Å². The van der Waals surface area contributed by atoms with Gasteiger partial charge < -0.3 is 15.3 Å². The smallest absolute Gasteiger partial charge is 0.335 e. The monoisotopic (exact) mass is 384 g/mol. The fourth-order valence-electron chi connectivity index (χ4n) is 3.64. The highest BCUT2D eigenvalue weighted by Crippen LogP contribution is 2.35. The molecule has 8 heteroatoms. The summed E-state index contributed by atoms with van der Waals surface area (Å²) in [6, 6.07) is 6.28. The third-order valence-corrected chi connectivity index (χ3v) is 5.18. The molecule has 2 heterocycles. The van der Waals surface area contributed by atoms with Crippen LogP contribution < -0.4 is 5.32 Å². The molecule has 1 aromatic carbocycles. The minimum absolute atomic E-state index is 0.0245. The lowest BCUT2D eigenvalue weighted by Crippen LogP contribution is -2.46. The number of aromatic nitrogens is 2. The van der Waals surface area contributed by atoms with Crippen molar-refractivity contribution in [3.8, 4) is 0 Å². The SMILES string of the molecule is CN1C(=O)CCC(C(=O)NCCc2ccc(C(=O)O)cc2)C1c1cnn(C)c1. The minimum Gasteiger partial charge on any atom is -0.478 e. The molecule has 3 rings (SSSR count). The zero-order valence-corrected chi connectivity index (χ0v) is 16.0. The van der Waals surface area contributed by atoms with Gasteiger partial charge >= 0.3 is 5.97 Å². The van der Waals surface area contributed by atoms with Crippen LogP contribution >= 0.6 is 0 Å². The van der Waals surface area contributed by atoms with Crippen molar-refractivity contribution in [3.05, 3.63) is 53.3 Å². The lowest BCUT2D eigenvalue weighted by Gasteiger charge is -2.37. The summed E-state index contributed by atoms with van der Waals surface area (Å²) in [4.78, 5) is 37.5. The van der Waals surface area contributed by atoms with Gasteiger partial charge in [-0.1, -0.05) is 12.1 Å². The van der Waals surface area contributed by atoms with E-state index in [2.05, 4.69) is 10.4 Å². The first-order valence-corrected chi connectivity index (χ1v) is 9.21. The Morgan fingerprint density at radius 1 is 1.25 bits per heavy atom. The van der Waals surface area contributed by atoms with E-state index in [1.54, 1.807) is 54.1 Å². The van der Waals surface area contributed by atoms with Crippen LogP contribution in [0.25, 0.3) is 0 Å². The molecular formula is C20H24N4O4. The highest BCUT2D eigenvalue weighted by Gasteiger charge is 2.39. The average molecular weight is 384 g/mol. The predicted molar refractivity (Wildman–Crippen MR) is 102 cm³/mol. The molecule has 1 aliphatic rings. The third-order valence-electron chi connectivity index (χ3n) is 5.18. The Labute approximate surface area is 163 Å². The molecule has 2 aromatic rings. The van der Waals surface area contributed by atoms with Crippen LogP contribution in [0.4, 0.5) is 0 Å². The number of amides is 2. The first-order valence-electron chi connectivity index (χ1n) is 9.21. The normalized spacial score (nSPS) is 19.5. The Hall–Kier alpha value is -3.16. The molecule has 1 aromatic heterocycles. The third kappa shape index (κ3) is 4.21. The van der Waals surface area contributed by atoms with Gasteiger partial charge in [0, 0.05) is 38.8 Å². The quantitative estimate of drug-likeness (QED) is 0.783. The van der Waals surface area contributed by atoms with E-state index < -0.39 is 5.97 Å². The molecule has 0 radical (unpaired) electrons.